The topological polar surface area (TPSA) is 88.7 Å². The van der Waals surface area contributed by atoms with Crippen molar-refractivity contribution in [2.75, 3.05) is 35.4 Å². The highest BCUT2D eigenvalue weighted by atomic mass is 32.2. The van der Waals surface area contributed by atoms with Crippen LogP contribution in [0.2, 0.25) is 0 Å². The molecule has 0 aliphatic carbocycles. The van der Waals surface area contributed by atoms with Gasteiger partial charge in [0.15, 0.2) is 5.11 Å². The van der Waals surface area contributed by atoms with E-state index in [9.17, 15) is 9.59 Å². The van der Waals surface area contributed by atoms with E-state index in [2.05, 4.69) is 16.0 Å². The normalized spacial score (nSPS) is 10.4. The van der Waals surface area contributed by atoms with E-state index in [1.165, 1.54) is 23.1 Å². The first-order valence-electron chi connectivity index (χ1n) is 12.1. The number of carbonyl (C=O) groups excluding carboxylic acids is 2. The Morgan fingerprint density at radius 3 is 2.49 bits per heavy atom. The second kappa shape index (κ2) is 13.8. The third kappa shape index (κ3) is 7.60. The van der Waals surface area contributed by atoms with Crippen LogP contribution >= 0.6 is 35.3 Å². The molecule has 4 aromatic rings. The smallest absolute Gasteiger partial charge is 0.341 e. The SMILES string of the molecule is CCOC(=O)c1c(-c2ccccc2)csc1NC(=O)CSc1cccc(NC(=S)Nc2ccccc2OC)c1. The Morgan fingerprint density at radius 2 is 1.72 bits per heavy atom. The van der Waals surface area contributed by atoms with Crippen LogP contribution in [0.4, 0.5) is 16.4 Å². The van der Waals surface area contributed by atoms with Crippen molar-refractivity contribution in [1.82, 2.24) is 0 Å². The van der Waals surface area contributed by atoms with Gasteiger partial charge in [-0.25, -0.2) is 4.79 Å². The predicted molar refractivity (Wildman–Crippen MR) is 164 cm³/mol. The zero-order chi connectivity index (χ0) is 27.6. The van der Waals surface area contributed by atoms with E-state index in [0.29, 0.717) is 21.4 Å². The van der Waals surface area contributed by atoms with Crippen LogP contribution in [0, 0.1) is 0 Å². The highest BCUT2D eigenvalue weighted by Gasteiger charge is 2.22. The zero-order valence-electron chi connectivity index (χ0n) is 21.4. The average Bonchev–Trinajstić information content (AvgIpc) is 3.36. The van der Waals surface area contributed by atoms with Gasteiger partial charge in [-0.15, -0.1) is 23.1 Å². The van der Waals surface area contributed by atoms with Crippen LogP contribution in [0.3, 0.4) is 0 Å². The number of nitrogens with one attached hydrogen (secondary N) is 3. The number of hydrogen-bond acceptors (Lipinski definition) is 7. The minimum Gasteiger partial charge on any atom is -0.495 e. The molecule has 0 bridgehead atoms. The molecule has 0 saturated carbocycles. The second-order valence-electron chi connectivity index (χ2n) is 8.08. The van der Waals surface area contributed by atoms with Crippen LogP contribution in [0.1, 0.15) is 17.3 Å². The second-order valence-corrected chi connectivity index (χ2v) is 10.4. The summed E-state index contributed by atoms with van der Waals surface area (Å²) < 4.78 is 10.6. The number of thioether (sulfide) groups is 1. The van der Waals surface area contributed by atoms with E-state index in [-0.39, 0.29) is 18.3 Å². The van der Waals surface area contributed by atoms with Gasteiger partial charge in [-0.1, -0.05) is 48.5 Å². The molecule has 0 unspecified atom stereocenters. The van der Waals surface area contributed by atoms with Gasteiger partial charge in [0.05, 0.1) is 25.2 Å². The Bertz CT molecular complexity index is 1460. The zero-order valence-corrected chi connectivity index (χ0v) is 23.8. The molecule has 3 N–H and O–H groups in total. The molecular formula is C29H27N3O4S3. The lowest BCUT2D eigenvalue weighted by atomic mass is 10.0. The van der Waals surface area contributed by atoms with Gasteiger partial charge in [0.25, 0.3) is 0 Å². The maximum absolute atomic E-state index is 12.9. The quantitative estimate of drug-likeness (QED) is 0.104. The third-order valence-corrected chi connectivity index (χ3v) is 7.52. The molecule has 1 heterocycles. The Morgan fingerprint density at radius 1 is 0.949 bits per heavy atom. The van der Waals surface area contributed by atoms with Crippen LogP contribution in [-0.4, -0.2) is 36.5 Å². The minimum absolute atomic E-state index is 0.161. The van der Waals surface area contributed by atoms with Crippen molar-refractivity contribution in [1.29, 1.82) is 0 Å². The van der Waals surface area contributed by atoms with E-state index in [0.717, 1.165) is 27.4 Å². The molecule has 10 heteroatoms. The lowest BCUT2D eigenvalue weighted by Crippen LogP contribution is -2.19. The lowest BCUT2D eigenvalue weighted by molar-refractivity contribution is -0.113. The summed E-state index contributed by atoms with van der Waals surface area (Å²) in [6, 6.07) is 24.7. The molecule has 4 rings (SSSR count). The van der Waals surface area contributed by atoms with Crippen LogP contribution in [0.5, 0.6) is 5.75 Å². The summed E-state index contributed by atoms with van der Waals surface area (Å²) in [7, 11) is 1.60. The van der Waals surface area contributed by atoms with E-state index >= 15 is 0 Å². The van der Waals surface area contributed by atoms with Crippen LogP contribution in [0.25, 0.3) is 11.1 Å². The van der Waals surface area contributed by atoms with Crippen molar-refractivity contribution in [2.45, 2.75) is 11.8 Å². The highest BCUT2D eigenvalue weighted by Crippen LogP contribution is 2.36. The number of thiophene rings is 1. The van der Waals surface area contributed by atoms with Gasteiger partial charge >= 0.3 is 5.97 Å². The maximum Gasteiger partial charge on any atom is 0.341 e. The average molecular weight is 578 g/mol. The van der Waals surface area contributed by atoms with E-state index < -0.39 is 5.97 Å². The Labute approximate surface area is 240 Å². The first kappa shape index (κ1) is 28.2. The molecule has 3 aromatic carbocycles. The summed E-state index contributed by atoms with van der Waals surface area (Å²) in [5.74, 6) is 0.161. The molecule has 1 amide bonds. The monoisotopic (exact) mass is 577 g/mol. The van der Waals surface area contributed by atoms with Gasteiger partial charge < -0.3 is 25.4 Å². The number of benzene rings is 3. The number of hydrogen-bond donors (Lipinski definition) is 3. The molecule has 200 valence electrons. The van der Waals surface area contributed by atoms with Gasteiger partial charge in [-0.3, -0.25) is 4.79 Å². The number of anilines is 3. The number of methoxy groups -OCH3 is 1. The Kier molecular flexibility index (Phi) is 9.96. The van der Waals surface area contributed by atoms with Crippen molar-refractivity contribution in [3.05, 3.63) is 89.8 Å². The first-order chi connectivity index (χ1) is 19.0. The number of amides is 1. The number of carbonyl (C=O) groups is 2. The summed E-state index contributed by atoms with van der Waals surface area (Å²) in [6.07, 6.45) is 0. The molecule has 0 atom stereocenters. The maximum atomic E-state index is 12.9. The molecule has 7 nitrogen and oxygen atoms in total. The van der Waals surface area contributed by atoms with Crippen molar-refractivity contribution in [3.63, 3.8) is 0 Å². The molecule has 0 aliphatic rings. The Balaban J connectivity index is 1.38. The van der Waals surface area contributed by atoms with Gasteiger partial charge in [-0.05, 0) is 55.0 Å². The summed E-state index contributed by atoms with van der Waals surface area (Å²) in [5, 5.41) is 11.9. The summed E-state index contributed by atoms with van der Waals surface area (Å²) >= 11 is 8.14. The van der Waals surface area contributed by atoms with Crippen molar-refractivity contribution >= 4 is 68.7 Å². The molecule has 0 saturated heterocycles. The third-order valence-electron chi connectivity index (χ3n) is 5.43. The largest absolute Gasteiger partial charge is 0.495 e. The predicted octanol–water partition coefficient (Wildman–Crippen LogP) is 7.14. The lowest BCUT2D eigenvalue weighted by Gasteiger charge is -2.14. The molecule has 0 radical (unpaired) electrons. The molecule has 0 aliphatic heterocycles. The van der Waals surface area contributed by atoms with Crippen molar-refractivity contribution in [3.8, 4) is 16.9 Å². The van der Waals surface area contributed by atoms with Crippen LogP contribution in [-0.2, 0) is 9.53 Å². The van der Waals surface area contributed by atoms with E-state index in [1.54, 1.807) is 14.0 Å². The number of rotatable bonds is 10. The molecule has 1 aromatic heterocycles. The van der Waals surface area contributed by atoms with Crippen LogP contribution in [0.15, 0.2) is 89.1 Å². The van der Waals surface area contributed by atoms with E-state index in [4.69, 9.17) is 21.7 Å². The first-order valence-corrected chi connectivity index (χ1v) is 14.3. The van der Waals surface area contributed by atoms with E-state index in [1.807, 2.05) is 84.2 Å². The van der Waals surface area contributed by atoms with Crippen molar-refractivity contribution in [2.24, 2.45) is 0 Å². The molecule has 0 spiro atoms. The minimum atomic E-state index is -0.461. The fourth-order valence-corrected chi connectivity index (χ4v) is 5.65. The summed E-state index contributed by atoms with van der Waals surface area (Å²) in [6.45, 7) is 2.00. The van der Waals surface area contributed by atoms with Gasteiger partial charge in [0.1, 0.15) is 16.3 Å². The standard InChI is InChI=1S/C29H27N3O4S3/c1-3-36-28(34)26-22(19-10-5-4-6-11-19)17-39-27(26)32-25(33)18-38-21-13-9-12-20(16-21)30-29(37)31-23-14-7-8-15-24(23)35-2/h4-17H,3,18H2,1-2H3,(H,32,33)(H2,30,31,37). The summed E-state index contributed by atoms with van der Waals surface area (Å²) in [5.41, 5.74) is 3.52. The number of thiocarbonyl (C=S) groups is 1. The van der Waals surface area contributed by atoms with Gasteiger partial charge in [0, 0.05) is 21.5 Å². The molecule has 39 heavy (non-hydrogen) atoms. The summed E-state index contributed by atoms with van der Waals surface area (Å²) in [4.78, 5) is 26.5. The number of esters is 1. The molecule has 0 fully saturated rings. The fourth-order valence-electron chi connectivity index (χ4n) is 3.69. The highest BCUT2D eigenvalue weighted by molar-refractivity contribution is 8.00. The number of para-hydroxylation sites is 2. The van der Waals surface area contributed by atoms with Crippen molar-refractivity contribution < 1.29 is 19.1 Å². The van der Waals surface area contributed by atoms with Gasteiger partial charge in [-0.2, -0.15) is 0 Å². The Hall–Kier alpha value is -3.86. The number of ether oxygens (including phenoxy) is 2. The van der Waals surface area contributed by atoms with Gasteiger partial charge in [0.2, 0.25) is 5.91 Å². The molecular weight excluding hydrogens is 551 g/mol. The fraction of sp³-hybridized carbons (Fsp3) is 0.138. The van der Waals surface area contributed by atoms with Crippen LogP contribution < -0.4 is 20.7 Å².